The number of aromatic carboxylic acids is 1. The lowest BCUT2D eigenvalue weighted by Crippen LogP contribution is -2.26. The molecular weight excluding hydrogens is 346 g/mol. The van der Waals surface area contributed by atoms with Gasteiger partial charge in [-0.3, -0.25) is 4.79 Å². The Kier molecular flexibility index (Phi) is 6.08. The molecule has 2 aromatic carbocycles. The van der Waals surface area contributed by atoms with Gasteiger partial charge in [0.1, 0.15) is 12.4 Å². The molecule has 3 rings (SSSR count). The first-order valence-electron chi connectivity index (χ1n) is 8.95. The molecule has 1 aliphatic heterocycles. The number of carbonyl (C=O) groups excluding carboxylic acids is 1. The van der Waals surface area contributed by atoms with Gasteiger partial charge < -0.3 is 19.5 Å². The van der Waals surface area contributed by atoms with Gasteiger partial charge in [-0.15, -0.1) is 0 Å². The van der Waals surface area contributed by atoms with Gasteiger partial charge in [0.25, 0.3) is 5.91 Å². The molecule has 0 saturated carbocycles. The van der Waals surface area contributed by atoms with Gasteiger partial charge in [-0.25, -0.2) is 4.79 Å². The monoisotopic (exact) mass is 369 g/mol. The normalized spacial score (nSPS) is 16.1. The van der Waals surface area contributed by atoms with E-state index in [1.165, 1.54) is 12.1 Å². The first-order valence-corrected chi connectivity index (χ1v) is 8.95. The van der Waals surface area contributed by atoms with Crippen LogP contribution in [0, 0.1) is 0 Å². The van der Waals surface area contributed by atoms with E-state index in [4.69, 9.17) is 14.6 Å². The molecule has 142 valence electrons. The van der Waals surface area contributed by atoms with Crippen molar-refractivity contribution in [3.05, 3.63) is 65.2 Å². The van der Waals surface area contributed by atoms with Crippen LogP contribution in [0.15, 0.2) is 48.5 Å². The maximum Gasteiger partial charge on any atom is 0.335 e. The van der Waals surface area contributed by atoms with Crippen LogP contribution in [0.5, 0.6) is 5.75 Å². The number of hydrogen-bond acceptors (Lipinski definition) is 4. The van der Waals surface area contributed by atoms with E-state index in [0.29, 0.717) is 24.5 Å². The summed E-state index contributed by atoms with van der Waals surface area (Å²) in [5, 5.41) is 8.93. The topological polar surface area (TPSA) is 76.1 Å². The van der Waals surface area contributed by atoms with E-state index in [1.807, 2.05) is 0 Å². The molecule has 1 aliphatic rings. The Labute approximate surface area is 158 Å². The summed E-state index contributed by atoms with van der Waals surface area (Å²) in [6.45, 7) is 1.72. The number of carboxylic acid groups (broad SMARTS) is 1. The molecule has 1 atom stereocenters. The Balaban J connectivity index is 1.55. The fourth-order valence-corrected chi connectivity index (χ4v) is 2.98. The van der Waals surface area contributed by atoms with Crippen LogP contribution in [0.25, 0.3) is 0 Å². The average molecular weight is 369 g/mol. The third-order valence-electron chi connectivity index (χ3n) is 4.53. The molecule has 1 fully saturated rings. The third-order valence-corrected chi connectivity index (χ3v) is 4.53. The molecule has 0 aliphatic carbocycles. The number of benzene rings is 2. The van der Waals surface area contributed by atoms with Crippen molar-refractivity contribution in [3.63, 3.8) is 0 Å². The molecule has 1 unspecified atom stereocenters. The van der Waals surface area contributed by atoms with Gasteiger partial charge in [0.05, 0.1) is 11.7 Å². The second-order valence-electron chi connectivity index (χ2n) is 6.63. The molecule has 0 aromatic heterocycles. The van der Waals surface area contributed by atoms with Gasteiger partial charge in [-0.1, -0.05) is 12.1 Å². The zero-order valence-electron chi connectivity index (χ0n) is 15.3. The summed E-state index contributed by atoms with van der Waals surface area (Å²) in [6, 6.07) is 13.6. The molecule has 6 heteroatoms. The number of carboxylic acids is 1. The second-order valence-corrected chi connectivity index (χ2v) is 6.63. The van der Waals surface area contributed by atoms with Gasteiger partial charge in [0.15, 0.2) is 0 Å². The predicted molar refractivity (Wildman–Crippen MR) is 100 cm³/mol. The van der Waals surface area contributed by atoms with Crippen LogP contribution in [-0.2, 0) is 11.3 Å². The van der Waals surface area contributed by atoms with Crippen LogP contribution in [-0.4, -0.2) is 48.2 Å². The Bertz CT molecular complexity index is 779. The zero-order chi connectivity index (χ0) is 19.2. The van der Waals surface area contributed by atoms with Crippen LogP contribution in [0.3, 0.4) is 0 Å². The van der Waals surface area contributed by atoms with Crippen molar-refractivity contribution in [2.24, 2.45) is 0 Å². The number of hydrogen-bond donors (Lipinski definition) is 1. The zero-order valence-corrected chi connectivity index (χ0v) is 15.3. The van der Waals surface area contributed by atoms with E-state index in [2.05, 4.69) is 0 Å². The Morgan fingerprint density at radius 2 is 1.78 bits per heavy atom. The van der Waals surface area contributed by atoms with Crippen LogP contribution < -0.4 is 4.74 Å². The van der Waals surface area contributed by atoms with Gasteiger partial charge in [-0.05, 0) is 54.8 Å². The Morgan fingerprint density at radius 1 is 1.11 bits per heavy atom. The summed E-state index contributed by atoms with van der Waals surface area (Å²) in [6.07, 6.45) is 2.26. The summed E-state index contributed by atoms with van der Waals surface area (Å²) in [5.74, 6) is -0.357. The Hall–Kier alpha value is -2.86. The smallest absolute Gasteiger partial charge is 0.335 e. The van der Waals surface area contributed by atoms with E-state index in [1.54, 1.807) is 48.3 Å². The van der Waals surface area contributed by atoms with E-state index < -0.39 is 5.97 Å². The fraction of sp³-hybridized carbons (Fsp3) is 0.333. The molecule has 0 bridgehead atoms. The summed E-state index contributed by atoms with van der Waals surface area (Å²) < 4.78 is 11.2. The first-order chi connectivity index (χ1) is 13.0. The minimum Gasteiger partial charge on any atom is -0.491 e. The number of nitrogens with zero attached hydrogens (tertiary/aromatic N) is 1. The maximum absolute atomic E-state index is 12.6. The van der Waals surface area contributed by atoms with Crippen molar-refractivity contribution in [1.82, 2.24) is 4.90 Å². The van der Waals surface area contributed by atoms with Crippen molar-refractivity contribution in [2.45, 2.75) is 25.5 Å². The molecule has 1 heterocycles. The SMILES string of the molecule is CN(Cc1ccc(C(=O)O)cc1)C(=O)c1ccc(OCC2CCCO2)cc1. The lowest BCUT2D eigenvalue weighted by Gasteiger charge is -2.18. The molecule has 1 amide bonds. The highest BCUT2D eigenvalue weighted by Gasteiger charge is 2.16. The number of carbonyl (C=O) groups is 2. The van der Waals surface area contributed by atoms with Gasteiger partial charge in [0.2, 0.25) is 0 Å². The average Bonchev–Trinajstić information content (AvgIpc) is 3.20. The van der Waals surface area contributed by atoms with Crippen LogP contribution in [0.2, 0.25) is 0 Å². The Morgan fingerprint density at radius 3 is 2.37 bits per heavy atom. The molecule has 1 N–H and O–H groups in total. The van der Waals surface area contributed by atoms with Crippen LogP contribution in [0.1, 0.15) is 39.1 Å². The van der Waals surface area contributed by atoms with Crippen molar-refractivity contribution < 1.29 is 24.2 Å². The highest BCUT2D eigenvalue weighted by molar-refractivity contribution is 5.94. The van der Waals surface area contributed by atoms with Gasteiger partial charge in [0, 0.05) is 25.8 Å². The lowest BCUT2D eigenvalue weighted by atomic mass is 10.1. The van der Waals surface area contributed by atoms with E-state index in [9.17, 15) is 9.59 Å². The standard InChI is InChI=1S/C21H23NO5/c1-22(13-15-4-6-17(7-5-15)21(24)25)20(23)16-8-10-18(11-9-16)27-14-19-3-2-12-26-19/h4-11,19H,2-3,12-14H2,1H3,(H,24,25). The molecule has 27 heavy (non-hydrogen) atoms. The van der Waals surface area contributed by atoms with Crippen LogP contribution in [0.4, 0.5) is 0 Å². The first kappa shape index (κ1) is 18.9. The predicted octanol–water partition coefficient (Wildman–Crippen LogP) is 3.21. The quantitative estimate of drug-likeness (QED) is 0.811. The van der Waals surface area contributed by atoms with Crippen molar-refractivity contribution in [2.75, 3.05) is 20.3 Å². The lowest BCUT2D eigenvalue weighted by molar-refractivity contribution is 0.0679. The summed E-state index contributed by atoms with van der Waals surface area (Å²) in [5.41, 5.74) is 1.67. The molecular formula is C21H23NO5. The molecule has 2 aromatic rings. The minimum absolute atomic E-state index is 0.108. The molecule has 0 radical (unpaired) electrons. The fourth-order valence-electron chi connectivity index (χ4n) is 2.98. The molecule has 0 spiro atoms. The third kappa shape index (κ3) is 5.08. The van der Waals surface area contributed by atoms with E-state index >= 15 is 0 Å². The van der Waals surface area contributed by atoms with Crippen molar-refractivity contribution in [1.29, 1.82) is 0 Å². The van der Waals surface area contributed by atoms with Crippen molar-refractivity contribution in [3.8, 4) is 5.75 Å². The second kappa shape index (κ2) is 8.68. The van der Waals surface area contributed by atoms with Crippen LogP contribution >= 0.6 is 0 Å². The van der Waals surface area contributed by atoms with Crippen molar-refractivity contribution >= 4 is 11.9 Å². The maximum atomic E-state index is 12.6. The van der Waals surface area contributed by atoms with E-state index in [0.717, 1.165) is 25.0 Å². The highest BCUT2D eigenvalue weighted by atomic mass is 16.5. The largest absolute Gasteiger partial charge is 0.491 e. The number of ether oxygens (including phenoxy) is 2. The number of amides is 1. The summed E-state index contributed by atoms with van der Waals surface area (Å²) in [4.78, 5) is 25.1. The molecule has 1 saturated heterocycles. The minimum atomic E-state index is -0.965. The number of rotatable bonds is 7. The van der Waals surface area contributed by atoms with Gasteiger partial charge >= 0.3 is 5.97 Å². The highest BCUT2D eigenvalue weighted by Crippen LogP contribution is 2.18. The summed E-state index contributed by atoms with van der Waals surface area (Å²) in [7, 11) is 1.72. The van der Waals surface area contributed by atoms with E-state index in [-0.39, 0.29) is 17.6 Å². The van der Waals surface area contributed by atoms with Gasteiger partial charge in [-0.2, -0.15) is 0 Å². The summed E-state index contributed by atoms with van der Waals surface area (Å²) >= 11 is 0. The molecule has 6 nitrogen and oxygen atoms in total.